The number of aliphatic imine (C=N–C) groups is 1. The third-order valence-electron chi connectivity index (χ3n) is 5.68. The van der Waals surface area contributed by atoms with Gasteiger partial charge in [0.05, 0.1) is 11.7 Å². The number of ether oxygens (including phenoxy) is 1. The summed E-state index contributed by atoms with van der Waals surface area (Å²) in [4.78, 5) is 21.3. The van der Waals surface area contributed by atoms with Gasteiger partial charge in [-0.25, -0.2) is 4.98 Å². The standard InChI is InChI=1S/C21H22F2N4O2S/c1-21-13(11-30-20(24)27-21)4-2-3-12-5-6-14(9-16(12)21)26-18(28)17-8-7-15(10-25-17)29-19(22)23/h5-10,13,19H,2-4,11H2,1H3,(H2,24,27)(H,26,28)/t13-,21+/m0/s1. The van der Waals surface area contributed by atoms with Crippen molar-refractivity contribution in [1.29, 1.82) is 0 Å². The van der Waals surface area contributed by atoms with Gasteiger partial charge in [0.2, 0.25) is 0 Å². The maximum absolute atomic E-state index is 12.6. The Morgan fingerprint density at radius 3 is 2.93 bits per heavy atom. The fourth-order valence-electron chi connectivity index (χ4n) is 4.11. The molecule has 0 unspecified atom stereocenters. The average molecular weight is 432 g/mol. The lowest BCUT2D eigenvalue weighted by atomic mass is 9.79. The molecule has 1 aliphatic heterocycles. The Morgan fingerprint density at radius 2 is 2.20 bits per heavy atom. The molecule has 30 heavy (non-hydrogen) atoms. The van der Waals surface area contributed by atoms with Crippen LogP contribution in [0.4, 0.5) is 14.5 Å². The van der Waals surface area contributed by atoms with Crippen molar-refractivity contribution >= 4 is 28.5 Å². The van der Waals surface area contributed by atoms with E-state index in [1.54, 1.807) is 11.8 Å². The van der Waals surface area contributed by atoms with E-state index < -0.39 is 18.1 Å². The number of carbonyl (C=O) groups is 1. The summed E-state index contributed by atoms with van der Waals surface area (Å²) in [5, 5.41) is 3.43. The summed E-state index contributed by atoms with van der Waals surface area (Å²) < 4.78 is 28.8. The Hall–Kier alpha value is -2.68. The second kappa shape index (κ2) is 8.22. The summed E-state index contributed by atoms with van der Waals surface area (Å²) in [5.41, 5.74) is 8.66. The lowest BCUT2D eigenvalue weighted by Gasteiger charge is -2.37. The van der Waals surface area contributed by atoms with E-state index in [0.717, 1.165) is 36.8 Å². The Bertz CT molecular complexity index is 983. The van der Waals surface area contributed by atoms with E-state index in [2.05, 4.69) is 22.0 Å². The van der Waals surface area contributed by atoms with Crippen LogP contribution in [-0.4, -0.2) is 28.4 Å². The highest BCUT2D eigenvalue weighted by atomic mass is 32.2. The maximum Gasteiger partial charge on any atom is 0.387 e. The van der Waals surface area contributed by atoms with Crippen molar-refractivity contribution in [3.63, 3.8) is 0 Å². The van der Waals surface area contributed by atoms with Gasteiger partial charge in [-0.1, -0.05) is 17.8 Å². The summed E-state index contributed by atoms with van der Waals surface area (Å²) in [6.45, 7) is -0.824. The first kappa shape index (κ1) is 20.6. The molecule has 0 saturated carbocycles. The number of halogens is 2. The molecule has 1 amide bonds. The van der Waals surface area contributed by atoms with Crippen LogP contribution >= 0.6 is 11.8 Å². The smallest absolute Gasteiger partial charge is 0.387 e. The van der Waals surface area contributed by atoms with Gasteiger partial charge in [0.1, 0.15) is 11.4 Å². The SMILES string of the molecule is C[C@@]12N=C(N)SC[C@@H]1CCCc1ccc(NC(=O)c3ccc(OC(F)F)cn3)cc12. The number of rotatable bonds is 4. The van der Waals surface area contributed by atoms with Gasteiger partial charge in [0, 0.05) is 11.4 Å². The van der Waals surface area contributed by atoms with Crippen LogP contribution in [0.15, 0.2) is 41.5 Å². The quantitative estimate of drug-likeness (QED) is 0.757. The molecular formula is C21H22F2N4O2S. The zero-order valence-electron chi connectivity index (χ0n) is 16.4. The minimum absolute atomic E-state index is 0.101. The van der Waals surface area contributed by atoms with Crippen LogP contribution in [0.5, 0.6) is 5.75 Å². The molecule has 1 aromatic carbocycles. The van der Waals surface area contributed by atoms with E-state index in [9.17, 15) is 13.6 Å². The zero-order chi connectivity index (χ0) is 21.3. The van der Waals surface area contributed by atoms with Crippen molar-refractivity contribution in [3.05, 3.63) is 53.3 Å². The van der Waals surface area contributed by atoms with Crippen LogP contribution < -0.4 is 15.8 Å². The molecule has 4 rings (SSSR count). The normalized spacial score (nSPS) is 23.1. The molecule has 0 spiro atoms. The van der Waals surface area contributed by atoms with Crippen molar-refractivity contribution in [3.8, 4) is 5.75 Å². The van der Waals surface area contributed by atoms with Crippen molar-refractivity contribution in [2.24, 2.45) is 16.6 Å². The highest BCUT2D eigenvalue weighted by Gasteiger charge is 2.41. The van der Waals surface area contributed by atoms with Crippen molar-refractivity contribution in [1.82, 2.24) is 4.98 Å². The second-order valence-corrected chi connectivity index (χ2v) is 8.62. The number of carbonyl (C=O) groups excluding carboxylic acids is 1. The summed E-state index contributed by atoms with van der Waals surface area (Å²) in [6.07, 6.45) is 4.23. The Kier molecular flexibility index (Phi) is 5.64. The van der Waals surface area contributed by atoms with Gasteiger partial charge in [-0.3, -0.25) is 9.79 Å². The summed E-state index contributed by atoms with van der Waals surface area (Å²) in [6, 6.07) is 8.48. The fourth-order valence-corrected chi connectivity index (χ4v) is 5.23. The highest BCUT2D eigenvalue weighted by Crippen LogP contribution is 2.46. The first-order valence-corrected chi connectivity index (χ1v) is 10.7. The number of hydrogen-bond acceptors (Lipinski definition) is 6. The number of nitrogens with one attached hydrogen (secondary N) is 1. The summed E-state index contributed by atoms with van der Waals surface area (Å²) in [5.74, 6) is 0.775. The van der Waals surface area contributed by atoms with Gasteiger partial charge in [0.15, 0.2) is 5.17 Å². The molecule has 0 saturated heterocycles. The molecule has 0 bridgehead atoms. The number of nitrogens with zero attached hydrogens (tertiary/aromatic N) is 2. The van der Waals surface area contributed by atoms with E-state index in [4.69, 9.17) is 10.7 Å². The number of anilines is 1. The van der Waals surface area contributed by atoms with Gasteiger partial charge in [-0.15, -0.1) is 0 Å². The molecule has 9 heteroatoms. The van der Waals surface area contributed by atoms with Gasteiger partial charge in [0.25, 0.3) is 5.91 Å². The number of benzene rings is 1. The van der Waals surface area contributed by atoms with E-state index >= 15 is 0 Å². The number of aromatic nitrogens is 1. The number of hydrogen-bond donors (Lipinski definition) is 2. The molecular weight excluding hydrogens is 410 g/mol. The minimum atomic E-state index is -2.94. The summed E-state index contributed by atoms with van der Waals surface area (Å²) in [7, 11) is 0. The van der Waals surface area contributed by atoms with Crippen LogP contribution in [0, 0.1) is 5.92 Å². The number of fused-ring (bicyclic) bond motifs is 3. The van der Waals surface area contributed by atoms with Crippen LogP contribution in [0.25, 0.3) is 0 Å². The number of amidine groups is 1. The topological polar surface area (TPSA) is 89.6 Å². The Labute approximate surface area is 177 Å². The fraction of sp³-hybridized carbons (Fsp3) is 0.381. The Morgan fingerprint density at radius 1 is 1.37 bits per heavy atom. The van der Waals surface area contributed by atoms with Crippen LogP contribution in [0.2, 0.25) is 0 Å². The lowest BCUT2D eigenvalue weighted by Crippen LogP contribution is -2.37. The van der Waals surface area contributed by atoms with Crippen molar-refractivity contribution in [2.45, 2.75) is 38.3 Å². The van der Waals surface area contributed by atoms with Gasteiger partial charge < -0.3 is 15.8 Å². The van der Waals surface area contributed by atoms with Crippen molar-refractivity contribution in [2.75, 3.05) is 11.1 Å². The molecule has 1 aromatic heterocycles. The molecule has 2 atom stereocenters. The predicted molar refractivity (Wildman–Crippen MR) is 113 cm³/mol. The number of nitrogens with two attached hydrogens (primary N) is 1. The molecule has 0 radical (unpaired) electrons. The molecule has 2 aromatic rings. The van der Waals surface area contributed by atoms with E-state index in [-0.39, 0.29) is 11.4 Å². The third-order valence-corrected chi connectivity index (χ3v) is 6.63. The molecule has 2 aliphatic rings. The zero-order valence-corrected chi connectivity index (χ0v) is 17.2. The number of pyridine rings is 1. The molecule has 3 N–H and O–H groups in total. The molecule has 6 nitrogen and oxygen atoms in total. The van der Waals surface area contributed by atoms with Crippen LogP contribution in [-0.2, 0) is 12.0 Å². The number of alkyl halides is 2. The van der Waals surface area contributed by atoms with E-state index in [1.807, 2.05) is 18.2 Å². The number of thioether (sulfide) groups is 1. The third kappa shape index (κ3) is 4.12. The molecule has 2 heterocycles. The maximum atomic E-state index is 12.6. The van der Waals surface area contributed by atoms with Gasteiger partial charge in [-0.05, 0) is 67.5 Å². The number of amides is 1. The highest BCUT2D eigenvalue weighted by molar-refractivity contribution is 8.13. The Balaban J connectivity index is 1.59. The van der Waals surface area contributed by atoms with E-state index in [1.165, 1.54) is 17.7 Å². The van der Waals surface area contributed by atoms with Crippen molar-refractivity contribution < 1.29 is 18.3 Å². The van der Waals surface area contributed by atoms with Crippen LogP contribution in [0.1, 0.15) is 41.4 Å². The average Bonchev–Trinajstić information content (AvgIpc) is 2.84. The largest absolute Gasteiger partial charge is 0.433 e. The van der Waals surface area contributed by atoms with E-state index in [0.29, 0.717) is 16.8 Å². The monoisotopic (exact) mass is 432 g/mol. The summed E-state index contributed by atoms with van der Waals surface area (Å²) >= 11 is 1.60. The van der Waals surface area contributed by atoms with Crippen LogP contribution in [0.3, 0.4) is 0 Å². The lowest BCUT2D eigenvalue weighted by molar-refractivity contribution is -0.0500. The second-order valence-electron chi connectivity index (χ2n) is 7.58. The first-order valence-electron chi connectivity index (χ1n) is 9.69. The molecule has 0 fully saturated rings. The molecule has 158 valence electrons. The van der Waals surface area contributed by atoms with Gasteiger partial charge in [-0.2, -0.15) is 8.78 Å². The first-order chi connectivity index (χ1) is 14.3. The van der Waals surface area contributed by atoms with Gasteiger partial charge >= 0.3 is 6.61 Å². The number of aryl methyl sites for hydroxylation is 1. The predicted octanol–water partition coefficient (Wildman–Crippen LogP) is 4.16. The minimum Gasteiger partial charge on any atom is -0.433 e. The molecule has 1 aliphatic carbocycles.